The number of hydrogen-bond donors (Lipinski definition) is 1. The van der Waals surface area contributed by atoms with Crippen LogP contribution in [0, 0.1) is 5.41 Å². The second-order valence-electron chi connectivity index (χ2n) is 5.01. The molecule has 0 spiro atoms. The summed E-state index contributed by atoms with van der Waals surface area (Å²) in [5, 5.41) is 10.3. The summed E-state index contributed by atoms with van der Waals surface area (Å²) >= 11 is 0. The fourth-order valence-electron chi connectivity index (χ4n) is 1.44. The third kappa shape index (κ3) is 3.83. The van der Waals surface area contributed by atoms with Gasteiger partial charge in [-0.05, 0) is 13.3 Å². The second kappa shape index (κ2) is 5.55. The van der Waals surface area contributed by atoms with Crippen molar-refractivity contribution < 1.29 is 5.11 Å². The van der Waals surface area contributed by atoms with E-state index in [0.717, 1.165) is 12.8 Å². The van der Waals surface area contributed by atoms with Crippen LogP contribution in [0.4, 0.5) is 0 Å². The van der Waals surface area contributed by atoms with Crippen LogP contribution in [-0.2, 0) is 0 Å². The van der Waals surface area contributed by atoms with E-state index in [2.05, 4.69) is 13.5 Å². The van der Waals surface area contributed by atoms with Crippen molar-refractivity contribution >= 4 is 0 Å². The van der Waals surface area contributed by atoms with Gasteiger partial charge in [0.2, 0.25) is 0 Å². The molecule has 0 radical (unpaired) electrons. The molecule has 0 saturated carbocycles. The Morgan fingerprint density at radius 3 is 2.14 bits per heavy atom. The van der Waals surface area contributed by atoms with Gasteiger partial charge in [0, 0.05) is 5.41 Å². The molecule has 1 atom stereocenters. The van der Waals surface area contributed by atoms with Gasteiger partial charge in [0.1, 0.15) is 0 Å². The lowest BCUT2D eigenvalue weighted by Crippen LogP contribution is -2.40. The van der Waals surface area contributed by atoms with Crippen LogP contribution >= 0.6 is 0 Å². The first kappa shape index (κ1) is 13.7. The molecule has 0 heterocycles. The van der Waals surface area contributed by atoms with Crippen molar-refractivity contribution in [3.8, 4) is 0 Å². The summed E-state index contributed by atoms with van der Waals surface area (Å²) in [5.41, 5.74) is -0.818. The summed E-state index contributed by atoms with van der Waals surface area (Å²) in [6.45, 7) is 12.0. The van der Waals surface area contributed by atoms with Gasteiger partial charge in [-0.1, -0.05) is 52.5 Å². The van der Waals surface area contributed by atoms with Crippen molar-refractivity contribution in [3.05, 3.63) is 12.7 Å². The molecule has 0 aromatic rings. The second-order valence-corrected chi connectivity index (χ2v) is 5.01. The maximum Gasteiger partial charge on any atom is 0.0704 e. The first-order valence-electron chi connectivity index (χ1n) is 5.73. The average molecular weight is 198 g/mol. The van der Waals surface area contributed by atoms with Crippen molar-refractivity contribution in [1.29, 1.82) is 0 Å². The molecule has 0 aliphatic rings. The Morgan fingerprint density at radius 2 is 1.71 bits per heavy atom. The van der Waals surface area contributed by atoms with Crippen LogP contribution in [0.25, 0.3) is 0 Å². The molecular weight excluding hydrogens is 172 g/mol. The van der Waals surface area contributed by atoms with E-state index in [1.807, 2.05) is 26.8 Å². The number of hydrogen-bond acceptors (Lipinski definition) is 1. The minimum Gasteiger partial charge on any atom is -0.389 e. The summed E-state index contributed by atoms with van der Waals surface area (Å²) in [6, 6.07) is 0. The molecule has 0 aromatic carbocycles. The maximum absolute atomic E-state index is 10.3. The number of rotatable bonds is 7. The van der Waals surface area contributed by atoms with Crippen molar-refractivity contribution in [2.75, 3.05) is 0 Å². The van der Waals surface area contributed by atoms with E-state index in [1.165, 1.54) is 19.3 Å². The van der Waals surface area contributed by atoms with Crippen molar-refractivity contribution in [3.63, 3.8) is 0 Å². The highest BCUT2D eigenvalue weighted by molar-refractivity contribution is 5.00. The van der Waals surface area contributed by atoms with Crippen LogP contribution in [0.3, 0.4) is 0 Å². The van der Waals surface area contributed by atoms with Gasteiger partial charge < -0.3 is 5.11 Å². The monoisotopic (exact) mass is 198 g/mol. The van der Waals surface area contributed by atoms with Gasteiger partial charge in [0.15, 0.2) is 0 Å². The fourth-order valence-corrected chi connectivity index (χ4v) is 1.44. The van der Waals surface area contributed by atoms with Crippen LogP contribution in [0.2, 0.25) is 0 Å². The largest absolute Gasteiger partial charge is 0.389 e. The lowest BCUT2D eigenvalue weighted by molar-refractivity contribution is -0.0342. The van der Waals surface area contributed by atoms with Gasteiger partial charge in [0.25, 0.3) is 0 Å². The summed E-state index contributed by atoms with van der Waals surface area (Å²) in [6.07, 6.45) is 7.56. The molecule has 1 unspecified atom stereocenters. The Labute approximate surface area is 89.2 Å². The molecule has 0 aromatic heterocycles. The lowest BCUT2D eigenvalue weighted by atomic mass is 9.73. The molecule has 0 saturated heterocycles. The van der Waals surface area contributed by atoms with Crippen LogP contribution in [-0.4, -0.2) is 10.7 Å². The topological polar surface area (TPSA) is 20.2 Å². The molecule has 0 aliphatic heterocycles. The van der Waals surface area contributed by atoms with Crippen molar-refractivity contribution in [2.24, 2.45) is 5.41 Å². The maximum atomic E-state index is 10.3. The molecule has 1 N–H and O–H groups in total. The molecule has 84 valence electrons. The van der Waals surface area contributed by atoms with Crippen LogP contribution in [0.1, 0.15) is 59.8 Å². The molecule has 1 nitrogen and oxygen atoms in total. The highest BCUT2D eigenvalue weighted by atomic mass is 16.3. The summed E-state index contributed by atoms with van der Waals surface area (Å²) in [4.78, 5) is 0. The standard InChI is InChI=1S/C13H26O/c1-6-8-9-10-11-13(5,14)12(3,4)7-2/h7,14H,2,6,8-11H2,1,3-5H3. The van der Waals surface area contributed by atoms with E-state index in [0.29, 0.717) is 0 Å². The van der Waals surface area contributed by atoms with Crippen molar-refractivity contribution in [2.45, 2.75) is 65.4 Å². The van der Waals surface area contributed by atoms with Gasteiger partial charge in [-0.2, -0.15) is 0 Å². The summed E-state index contributed by atoms with van der Waals surface area (Å²) < 4.78 is 0. The highest BCUT2D eigenvalue weighted by Gasteiger charge is 2.35. The van der Waals surface area contributed by atoms with E-state index in [-0.39, 0.29) is 5.41 Å². The first-order valence-corrected chi connectivity index (χ1v) is 5.73. The van der Waals surface area contributed by atoms with E-state index >= 15 is 0 Å². The molecular formula is C13H26O. The SMILES string of the molecule is C=CC(C)(C)C(C)(O)CCCCCC. The van der Waals surface area contributed by atoms with Gasteiger partial charge in [-0.15, -0.1) is 6.58 Å². The predicted octanol–water partition coefficient (Wildman–Crippen LogP) is 3.92. The molecule has 0 amide bonds. The van der Waals surface area contributed by atoms with E-state index in [9.17, 15) is 5.11 Å². The molecule has 0 rings (SSSR count). The lowest BCUT2D eigenvalue weighted by Gasteiger charge is -2.38. The fraction of sp³-hybridized carbons (Fsp3) is 0.846. The number of unbranched alkanes of at least 4 members (excludes halogenated alkanes) is 3. The Bertz CT molecular complexity index is 168. The molecule has 14 heavy (non-hydrogen) atoms. The minimum atomic E-state index is -0.623. The number of aliphatic hydroxyl groups is 1. The third-order valence-corrected chi connectivity index (χ3v) is 3.42. The van der Waals surface area contributed by atoms with E-state index < -0.39 is 5.60 Å². The van der Waals surface area contributed by atoms with Crippen molar-refractivity contribution in [1.82, 2.24) is 0 Å². The van der Waals surface area contributed by atoms with E-state index in [4.69, 9.17) is 0 Å². The zero-order valence-corrected chi connectivity index (χ0v) is 10.3. The average Bonchev–Trinajstić information content (AvgIpc) is 2.12. The van der Waals surface area contributed by atoms with Crippen LogP contribution in [0.15, 0.2) is 12.7 Å². The minimum absolute atomic E-state index is 0.195. The van der Waals surface area contributed by atoms with E-state index in [1.54, 1.807) is 0 Å². The predicted molar refractivity (Wildman–Crippen MR) is 63.4 cm³/mol. The van der Waals surface area contributed by atoms with Crippen LogP contribution in [0.5, 0.6) is 0 Å². The zero-order chi connectivity index (χ0) is 11.2. The molecule has 0 bridgehead atoms. The first-order chi connectivity index (χ1) is 6.37. The Hall–Kier alpha value is -0.300. The Morgan fingerprint density at radius 1 is 1.14 bits per heavy atom. The summed E-state index contributed by atoms with van der Waals surface area (Å²) in [7, 11) is 0. The smallest absolute Gasteiger partial charge is 0.0704 e. The summed E-state index contributed by atoms with van der Waals surface area (Å²) in [5.74, 6) is 0. The Balaban J connectivity index is 4.00. The molecule has 0 fully saturated rings. The zero-order valence-electron chi connectivity index (χ0n) is 10.3. The molecule has 1 heteroatoms. The van der Waals surface area contributed by atoms with Gasteiger partial charge >= 0.3 is 0 Å². The molecule has 0 aliphatic carbocycles. The van der Waals surface area contributed by atoms with Gasteiger partial charge in [0.05, 0.1) is 5.60 Å². The van der Waals surface area contributed by atoms with Crippen LogP contribution < -0.4 is 0 Å². The quantitative estimate of drug-likeness (QED) is 0.485. The van der Waals surface area contributed by atoms with Gasteiger partial charge in [-0.25, -0.2) is 0 Å². The van der Waals surface area contributed by atoms with Gasteiger partial charge in [-0.3, -0.25) is 0 Å². The Kier molecular flexibility index (Phi) is 5.43. The normalized spacial score (nSPS) is 16.4. The highest BCUT2D eigenvalue weighted by Crippen LogP contribution is 2.35. The third-order valence-electron chi connectivity index (χ3n) is 3.42.